The molecule has 7 heteroatoms. The van der Waals surface area contributed by atoms with Crippen LogP contribution >= 0.6 is 11.6 Å². The third-order valence-electron chi connectivity index (χ3n) is 5.34. The SMILES string of the molecule is CC1(c2ccccc2)CC1C(=O)NC[C@H](Cc1ccc(O)cc1Cl)NC(=O)O. The van der Waals surface area contributed by atoms with E-state index in [0.717, 1.165) is 12.0 Å². The molecule has 3 rings (SSSR count). The lowest BCUT2D eigenvalue weighted by molar-refractivity contribution is -0.122. The van der Waals surface area contributed by atoms with Crippen molar-refractivity contribution < 1.29 is 19.8 Å². The Morgan fingerprint density at radius 2 is 1.96 bits per heavy atom. The van der Waals surface area contributed by atoms with Crippen LogP contribution in [-0.4, -0.2) is 34.8 Å². The largest absolute Gasteiger partial charge is 0.508 e. The van der Waals surface area contributed by atoms with Gasteiger partial charge in [-0.15, -0.1) is 0 Å². The number of amides is 2. The van der Waals surface area contributed by atoms with E-state index < -0.39 is 12.1 Å². The van der Waals surface area contributed by atoms with Gasteiger partial charge in [-0.1, -0.05) is 54.9 Å². The van der Waals surface area contributed by atoms with Gasteiger partial charge in [0, 0.05) is 22.9 Å². The van der Waals surface area contributed by atoms with Crippen molar-refractivity contribution in [3.63, 3.8) is 0 Å². The molecule has 28 heavy (non-hydrogen) atoms. The molecule has 0 heterocycles. The standard InChI is InChI=1S/C21H23ClN2O4/c1-21(14-5-3-2-4-6-14)11-17(21)19(26)23-12-15(24-20(27)28)9-13-7-8-16(25)10-18(13)22/h2-8,10,15,17,24-25H,9,11-12H2,1H3,(H,23,26)(H,27,28)/t15-,17?,21?/m0/s1. The van der Waals surface area contributed by atoms with Crippen molar-refractivity contribution in [2.75, 3.05) is 6.54 Å². The summed E-state index contributed by atoms with van der Waals surface area (Å²) in [5.41, 5.74) is 1.64. The molecule has 2 aromatic carbocycles. The van der Waals surface area contributed by atoms with Gasteiger partial charge in [0.1, 0.15) is 5.75 Å². The lowest BCUT2D eigenvalue weighted by atomic mass is 9.95. The highest BCUT2D eigenvalue weighted by Gasteiger charge is 2.55. The molecular weight excluding hydrogens is 380 g/mol. The summed E-state index contributed by atoms with van der Waals surface area (Å²) in [5.74, 6) is -0.170. The van der Waals surface area contributed by atoms with Crippen LogP contribution in [0, 0.1) is 5.92 Å². The Balaban J connectivity index is 1.61. The third-order valence-corrected chi connectivity index (χ3v) is 5.69. The molecule has 1 aliphatic carbocycles. The predicted molar refractivity (Wildman–Crippen MR) is 107 cm³/mol. The Morgan fingerprint density at radius 1 is 1.25 bits per heavy atom. The lowest BCUT2D eigenvalue weighted by Crippen LogP contribution is -2.45. The minimum atomic E-state index is -1.17. The normalized spacial score (nSPS) is 21.6. The minimum Gasteiger partial charge on any atom is -0.508 e. The van der Waals surface area contributed by atoms with Crippen LogP contribution in [0.2, 0.25) is 5.02 Å². The highest BCUT2D eigenvalue weighted by atomic mass is 35.5. The van der Waals surface area contributed by atoms with Gasteiger partial charge in [0.15, 0.2) is 0 Å². The average molecular weight is 403 g/mol. The summed E-state index contributed by atoms with van der Waals surface area (Å²) >= 11 is 6.12. The summed E-state index contributed by atoms with van der Waals surface area (Å²) in [6, 6.07) is 13.9. The molecule has 6 nitrogen and oxygen atoms in total. The fourth-order valence-corrected chi connectivity index (χ4v) is 3.80. The van der Waals surface area contributed by atoms with Gasteiger partial charge in [-0.3, -0.25) is 4.79 Å². The van der Waals surface area contributed by atoms with Gasteiger partial charge in [0.05, 0.1) is 6.04 Å². The fraction of sp³-hybridized carbons (Fsp3) is 0.333. The number of carbonyl (C=O) groups is 2. The summed E-state index contributed by atoms with van der Waals surface area (Å²) < 4.78 is 0. The number of hydrogen-bond acceptors (Lipinski definition) is 3. The Kier molecular flexibility index (Phi) is 5.79. The summed E-state index contributed by atoms with van der Waals surface area (Å²) in [6.07, 6.45) is -0.106. The van der Waals surface area contributed by atoms with Crippen LogP contribution in [0.4, 0.5) is 4.79 Å². The highest BCUT2D eigenvalue weighted by molar-refractivity contribution is 6.31. The molecule has 0 radical (unpaired) electrons. The molecule has 0 aliphatic heterocycles. The van der Waals surface area contributed by atoms with Gasteiger partial charge in [0.2, 0.25) is 5.91 Å². The van der Waals surface area contributed by atoms with Crippen molar-refractivity contribution >= 4 is 23.6 Å². The van der Waals surface area contributed by atoms with E-state index in [-0.39, 0.29) is 29.5 Å². The molecule has 1 saturated carbocycles. The lowest BCUT2D eigenvalue weighted by Gasteiger charge is -2.19. The first-order valence-electron chi connectivity index (χ1n) is 9.09. The second-order valence-corrected chi connectivity index (χ2v) is 7.82. The van der Waals surface area contributed by atoms with Crippen LogP contribution in [0.15, 0.2) is 48.5 Å². The molecule has 0 aromatic heterocycles. The molecule has 2 amide bonds. The van der Waals surface area contributed by atoms with E-state index in [1.807, 2.05) is 30.3 Å². The second-order valence-electron chi connectivity index (χ2n) is 7.41. The van der Waals surface area contributed by atoms with Crippen LogP contribution in [0.25, 0.3) is 0 Å². The van der Waals surface area contributed by atoms with Gasteiger partial charge in [-0.05, 0) is 36.1 Å². The first kappa shape index (κ1) is 20.0. The number of hydrogen-bond donors (Lipinski definition) is 4. The van der Waals surface area contributed by atoms with E-state index in [4.69, 9.17) is 16.7 Å². The molecule has 0 spiro atoms. The van der Waals surface area contributed by atoms with Crippen LogP contribution in [0.5, 0.6) is 5.75 Å². The Hall–Kier alpha value is -2.73. The molecule has 3 atom stereocenters. The summed E-state index contributed by atoms with van der Waals surface area (Å²) in [4.78, 5) is 23.7. The van der Waals surface area contributed by atoms with Crippen LogP contribution < -0.4 is 10.6 Å². The maximum absolute atomic E-state index is 12.6. The number of nitrogens with one attached hydrogen (secondary N) is 2. The minimum absolute atomic E-state index is 0.0405. The van der Waals surface area contributed by atoms with E-state index in [2.05, 4.69) is 17.6 Å². The molecule has 2 aromatic rings. The molecule has 0 bridgehead atoms. The van der Waals surface area contributed by atoms with Crippen molar-refractivity contribution in [1.29, 1.82) is 0 Å². The number of aromatic hydroxyl groups is 1. The number of benzene rings is 2. The number of rotatable bonds is 7. The van der Waals surface area contributed by atoms with E-state index in [9.17, 15) is 14.7 Å². The van der Waals surface area contributed by atoms with E-state index in [1.165, 1.54) is 12.1 Å². The molecule has 0 saturated heterocycles. The van der Waals surface area contributed by atoms with Crippen molar-refractivity contribution in [2.24, 2.45) is 5.92 Å². The summed E-state index contributed by atoms with van der Waals surface area (Å²) in [7, 11) is 0. The number of carbonyl (C=O) groups excluding carboxylic acids is 1. The zero-order valence-corrected chi connectivity index (χ0v) is 16.2. The third kappa shape index (κ3) is 4.57. The Bertz CT molecular complexity index is 874. The predicted octanol–water partition coefficient (Wildman–Crippen LogP) is 3.32. The second kappa shape index (κ2) is 8.10. The van der Waals surface area contributed by atoms with Crippen LogP contribution in [0.3, 0.4) is 0 Å². The molecule has 1 aliphatic rings. The molecule has 148 valence electrons. The van der Waals surface area contributed by atoms with Gasteiger partial charge >= 0.3 is 6.09 Å². The monoisotopic (exact) mass is 402 g/mol. The first-order chi connectivity index (χ1) is 13.3. The Morgan fingerprint density at radius 3 is 2.61 bits per heavy atom. The molecule has 1 fully saturated rings. The van der Waals surface area contributed by atoms with Crippen molar-refractivity contribution in [1.82, 2.24) is 10.6 Å². The van der Waals surface area contributed by atoms with Crippen LogP contribution in [0.1, 0.15) is 24.5 Å². The number of carboxylic acid groups (broad SMARTS) is 1. The number of halogens is 1. The highest BCUT2D eigenvalue weighted by Crippen LogP contribution is 2.53. The van der Waals surface area contributed by atoms with Gasteiger partial charge in [-0.2, -0.15) is 0 Å². The van der Waals surface area contributed by atoms with Gasteiger partial charge in [-0.25, -0.2) is 4.79 Å². The van der Waals surface area contributed by atoms with Crippen molar-refractivity contribution in [3.05, 3.63) is 64.7 Å². The zero-order valence-electron chi connectivity index (χ0n) is 15.5. The molecule has 2 unspecified atom stereocenters. The first-order valence-corrected chi connectivity index (χ1v) is 9.47. The zero-order chi connectivity index (χ0) is 20.3. The van der Waals surface area contributed by atoms with E-state index >= 15 is 0 Å². The molecular formula is C21H23ClN2O4. The number of phenolic OH excluding ortho intramolecular Hbond substituents is 1. The van der Waals surface area contributed by atoms with E-state index in [0.29, 0.717) is 17.0 Å². The van der Waals surface area contributed by atoms with Crippen molar-refractivity contribution in [3.8, 4) is 5.75 Å². The van der Waals surface area contributed by atoms with Gasteiger partial charge in [0.25, 0.3) is 0 Å². The number of phenols is 1. The van der Waals surface area contributed by atoms with E-state index in [1.54, 1.807) is 6.07 Å². The topological polar surface area (TPSA) is 98.7 Å². The summed E-state index contributed by atoms with van der Waals surface area (Å²) in [6.45, 7) is 2.22. The average Bonchev–Trinajstić information content (AvgIpc) is 3.35. The van der Waals surface area contributed by atoms with Gasteiger partial charge < -0.3 is 20.8 Å². The fourth-order valence-electron chi connectivity index (χ4n) is 3.55. The smallest absolute Gasteiger partial charge is 0.404 e. The van der Waals surface area contributed by atoms with Crippen molar-refractivity contribution in [2.45, 2.75) is 31.2 Å². The quantitative estimate of drug-likeness (QED) is 0.571. The summed E-state index contributed by atoms with van der Waals surface area (Å²) in [5, 5.41) is 24.2. The Labute approximate surface area is 168 Å². The maximum Gasteiger partial charge on any atom is 0.404 e. The van der Waals surface area contributed by atoms with Crippen LogP contribution in [-0.2, 0) is 16.6 Å². The molecule has 4 N–H and O–H groups in total. The maximum atomic E-state index is 12.6.